The molecule has 2 heterocycles. The van der Waals surface area contributed by atoms with Crippen LogP contribution in [0.1, 0.15) is 5.89 Å². The first-order chi connectivity index (χ1) is 13.1. The summed E-state index contributed by atoms with van der Waals surface area (Å²) in [5.74, 6) is 2.47. The molecular weight excluding hydrogens is 390 g/mol. The van der Waals surface area contributed by atoms with E-state index in [4.69, 9.17) is 30.8 Å². The molecule has 0 aliphatic carbocycles. The van der Waals surface area contributed by atoms with Gasteiger partial charge in [-0.25, -0.2) is 4.68 Å². The van der Waals surface area contributed by atoms with Crippen LogP contribution in [0.4, 0.5) is 0 Å². The first-order valence-corrected chi connectivity index (χ1v) is 9.80. The molecule has 1 aromatic heterocycles. The van der Waals surface area contributed by atoms with Crippen molar-refractivity contribution < 1.29 is 23.4 Å². The van der Waals surface area contributed by atoms with Gasteiger partial charge in [-0.2, -0.15) is 0 Å². The lowest BCUT2D eigenvalue weighted by Crippen LogP contribution is -2.42. The van der Waals surface area contributed by atoms with Gasteiger partial charge < -0.3 is 18.6 Å². The lowest BCUT2D eigenvalue weighted by Gasteiger charge is -2.30. The number of rotatable bonds is 7. The topological polar surface area (TPSA) is 79.0 Å². The van der Waals surface area contributed by atoms with E-state index in [1.54, 1.807) is 23.6 Å². The Bertz CT molecular complexity index is 821. The van der Waals surface area contributed by atoms with E-state index >= 15 is 0 Å². The van der Waals surface area contributed by atoms with Gasteiger partial charge in [0.25, 0.3) is 10.7 Å². The number of esters is 1. The highest BCUT2D eigenvalue weighted by Gasteiger charge is 2.27. The zero-order chi connectivity index (χ0) is 19.2. The summed E-state index contributed by atoms with van der Waals surface area (Å²) >= 11 is 6.85. The summed E-state index contributed by atoms with van der Waals surface area (Å²) in [6.07, 6.45) is 0. The second-order valence-electron chi connectivity index (χ2n) is 5.83. The van der Waals surface area contributed by atoms with Crippen LogP contribution < -0.4 is 9.47 Å². The summed E-state index contributed by atoms with van der Waals surface area (Å²) < 4.78 is 22.7. The van der Waals surface area contributed by atoms with E-state index in [1.165, 1.54) is 7.11 Å². The molecule has 1 aromatic carbocycles. The van der Waals surface area contributed by atoms with Crippen LogP contribution >= 0.6 is 24.0 Å². The van der Waals surface area contributed by atoms with Crippen molar-refractivity contribution in [2.75, 3.05) is 33.1 Å². The maximum Gasteiger partial charge on any atom is 0.320 e. The SMILES string of the molecule is COC(=O)[C@@H]1CN(Cn2nc(COc3ccc(OC)cc3)oc2=S)CCS1. The minimum atomic E-state index is -0.206. The average molecular weight is 412 g/mol. The summed E-state index contributed by atoms with van der Waals surface area (Å²) in [6.45, 7) is 2.05. The molecule has 0 saturated carbocycles. The van der Waals surface area contributed by atoms with Crippen molar-refractivity contribution in [2.45, 2.75) is 18.5 Å². The van der Waals surface area contributed by atoms with E-state index in [2.05, 4.69) is 10.00 Å². The van der Waals surface area contributed by atoms with Crippen LogP contribution in [0.5, 0.6) is 11.5 Å². The summed E-state index contributed by atoms with van der Waals surface area (Å²) in [4.78, 5) is 14.1. The number of hydrogen-bond donors (Lipinski definition) is 0. The molecule has 8 nitrogen and oxygen atoms in total. The van der Waals surface area contributed by atoms with Crippen LogP contribution in [-0.2, 0) is 22.8 Å². The molecule has 1 fully saturated rings. The van der Waals surface area contributed by atoms with Crippen molar-refractivity contribution in [3.05, 3.63) is 35.0 Å². The predicted molar refractivity (Wildman–Crippen MR) is 102 cm³/mol. The number of methoxy groups -OCH3 is 2. The van der Waals surface area contributed by atoms with Crippen molar-refractivity contribution in [1.29, 1.82) is 0 Å². The molecule has 10 heteroatoms. The van der Waals surface area contributed by atoms with E-state index in [1.807, 2.05) is 24.3 Å². The van der Waals surface area contributed by atoms with Crippen molar-refractivity contribution in [1.82, 2.24) is 14.7 Å². The number of ether oxygens (including phenoxy) is 3. The molecule has 146 valence electrons. The van der Waals surface area contributed by atoms with Crippen molar-refractivity contribution in [2.24, 2.45) is 0 Å². The second kappa shape index (κ2) is 9.25. The van der Waals surface area contributed by atoms with Gasteiger partial charge in [0.1, 0.15) is 16.7 Å². The monoisotopic (exact) mass is 411 g/mol. The third-order valence-electron chi connectivity index (χ3n) is 4.02. The zero-order valence-electron chi connectivity index (χ0n) is 15.1. The molecule has 1 atom stereocenters. The predicted octanol–water partition coefficient (Wildman–Crippen LogP) is 2.34. The molecule has 0 bridgehead atoms. The maximum absolute atomic E-state index is 11.7. The Morgan fingerprint density at radius 1 is 1.33 bits per heavy atom. The summed E-state index contributed by atoms with van der Waals surface area (Å²) in [5.41, 5.74) is 0. The smallest absolute Gasteiger partial charge is 0.320 e. The Morgan fingerprint density at radius 3 is 2.78 bits per heavy atom. The molecular formula is C17H21N3O5S2. The summed E-state index contributed by atoms with van der Waals surface area (Å²) in [6, 6.07) is 7.25. The van der Waals surface area contributed by atoms with Crippen LogP contribution in [0.3, 0.4) is 0 Å². The molecule has 0 N–H and O–H groups in total. The van der Waals surface area contributed by atoms with E-state index in [0.29, 0.717) is 24.9 Å². The number of carbonyl (C=O) groups excluding carboxylic acids is 1. The standard InChI is InChI=1S/C17H21N3O5S2/c1-22-12-3-5-13(6-4-12)24-10-15-18-20(17(26)25-15)11-19-7-8-27-14(9-19)16(21)23-2/h3-6,14H,7-11H2,1-2H3/t14-/m0/s1. The van der Waals surface area contributed by atoms with Crippen LogP contribution in [0.15, 0.2) is 28.7 Å². The molecule has 0 unspecified atom stereocenters. The van der Waals surface area contributed by atoms with Crippen LogP contribution in [0.2, 0.25) is 0 Å². The molecule has 1 aliphatic rings. The largest absolute Gasteiger partial charge is 0.497 e. The Kier molecular flexibility index (Phi) is 6.75. The van der Waals surface area contributed by atoms with E-state index in [9.17, 15) is 4.79 Å². The Balaban J connectivity index is 1.57. The van der Waals surface area contributed by atoms with Gasteiger partial charge >= 0.3 is 5.97 Å². The Morgan fingerprint density at radius 2 is 2.07 bits per heavy atom. The summed E-state index contributed by atoms with van der Waals surface area (Å²) in [7, 11) is 3.02. The molecule has 3 rings (SSSR count). The molecule has 1 aliphatic heterocycles. The van der Waals surface area contributed by atoms with Crippen molar-refractivity contribution >= 4 is 29.9 Å². The van der Waals surface area contributed by atoms with Gasteiger partial charge in [0.05, 0.1) is 20.9 Å². The van der Waals surface area contributed by atoms with Gasteiger partial charge in [0.2, 0.25) is 0 Å². The van der Waals surface area contributed by atoms with Gasteiger partial charge in [0.15, 0.2) is 6.61 Å². The summed E-state index contributed by atoms with van der Waals surface area (Å²) in [5, 5.41) is 4.18. The van der Waals surface area contributed by atoms with E-state index in [-0.39, 0.29) is 22.7 Å². The van der Waals surface area contributed by atoms with Crippen LogP contribution in [0.25, 0.3) is 0 Å². The number of nitrogens with zero attached hydrogens (tertiary/aromatic N) is 3. The number of carbonyl (C=O) groups is 1. The molecule has 0 radical (unpaired) electrons. The van der Waals surface area contributed by atoms with Gasteiger partial charge in [-0.1, -0.05) is 0 Å². The third kappa shape index (κ3) is 5.24. The molecule has 1 saturated heterocycles. The van der Waals surface area contributed by atoms with E-state index in [0.717, 1.165) is 18.0 Å². The highest BCUT2D eigenvalue weighted by molar-refractivity contribution is 8.00. The van der Waals surface area contributed by atoms with Gasteiger partial charge in [-0.05, 0) is 36.5 Å². The fraction of sp³-hybridized carbons (Fsp3) is 0.471. The molecule has 2 aromatic rings. The first-order valence-electron chi connectivity index (χ1n) is 8.34. The minimum Gasteiger partial charge on any atom is -0.497 e. The lowest BCUT2D eigenvalue weighted by molar-refractivity contribution is -0.140. The fourth-order valence-electron chi connectivity index (χ4n) is 2.61. The average Bonchev–Trinajstić information content (AvgIpc) is 3.05. The maximum atomic E-state index is 11.7. The number of aromatic nitrogens is 2. The Hall–Kier alpha value is -2.04. The zero-order valence-corrected chi connectivity index (χ0v) is 16.8. The minimum absolute atomic E-state index is 0.170. The van der Waals surface area contributed by atoms with Gasteiger partial charge in [-0.15, -0.1) is 16.9 Å². The molecule has 0 spiro atoms. The van der Waals surface area contributed by atoms with Crippen molar-refractivity contribution in [3.8, 4) is 11.5 Å². The number of hydrogen-bond acceptors (Lipinski definition) is 9. The fourth-order valence-corrected chi connectivity index (χ4v) is 4.00. The highest BCUT2D eigenvalue weighted by atomic mass is 32.2. The highest BCUT2D eigenvalue weighted by Crippen LogP contribution is 2.21. The second-order valence-corrected chi connectivity index (χ2v) is 7.49. The Labute approximate surface area is 166 Å². The molecule has 0 amide bonds. The van der Waals surface area contributed by atoms with Crippen molar-refractivity contribution in [3.63, 3.8) is 0 Å². The normalized spacial score (nSPS) is 17.5. The number of benzene rings is 1. The third-order valence-corrected chi connectivity index (χ3v) is 5.47. The van der Waals surface area contributed by atoms with Crippen LogP contribution in [0, 0.1) is 4.84 Å². The quantitative estimate of drug-likeness (QED) is 0.504. The van der Waals surface area contributed by atoms with Crippen LogP contribution in [-0.4, -0.2) is 59.0 Å². The lowest BCUT2D eigenvalue weighted by atomic mass is 10.3. The van der Waals surface area contributed by atoms with Gasteiger partial charge in [-0.3, -0.25) is 9.69 Å². The van der Waals surface area contributed by atoms with Gasteiger partial charge in [0, 0.05) is 18.8 Å². The van der Waals surface area contributed by atoms with E-state index < -0.39 is 0 Å². The first kappa shape index (κ1) is 19.7. The molecule has 27 heavy (non-hydrogen) atoms. The number of thioether (sulfide) groups is 1.